The van der Waals surface area contributed by atoms with Gasteiger partial charge in [-0.05, 0) is 74.9 Å². The summed E-state index contributed by atoms with van der Waals surface area (Å²) in [5.74, 6) is 0.348. The minimum Gasteiger partial charge on any atom is -0.481 e. The molecule has 8 heteroatoms. The standard InChI is InChI=1S/C36H45ClN2O4.ClH/c1-3-42-33(20-21-34(40)43-4-2)38-28-35(29-12-7-5-8-13-29,30-14-9-6-10-15-30)22-11-25-39-26-23-36(41,24-27-39)31-16-18-32(37)19-17-31;/h5-10,12-19,41H,3-4,11,20-28H2,1-2H3;1H. The third-order valence-corrected chi connectivity index (χ3v) is 8.73. The Labute approximate surface area is 273 Å². The van der Waals surface area contributed by atoms with Crippen LogP contribution in [-0.4, -0.2) is 61.3 Å². The zero-order valence-electron chi connectivity index (χ0n) is 25.9. The molecular formula is C36H46Cl2N2O4. The van der Waals surface area contributed by atoms with Crippen LogP contribution in [0.1, 0.15) is 69.1 Å². The van der Waals surface area contributed by atoms with Gasteiger partial charge in [0.2, 0.25) is 0 Å². The van der Waals surface area contributed by atoms with E-state index in [1.165, 1.54) is 11.1 Å². The fourth-order valence-corrected chi connectivity index (χ4v) is 6.19. The van der Waals surface area contributed by atoms with Gasteiger partial charge in [0.05, 0.1) is 31.8 Å². The topological polar surface area (TPSA) is 71.4 Å². The number of carbonyl (C=O) groups excluding carboxylic acids is 1. The number of carbonyl (C=O) groups is 1. The predicted molar refractivity (Wildman–Crippen MR) is 181 cm³/mol. The van der Waals surface area contributed by atoms with Crippen molar-refractivity contribution in [1.82, 2.24) is 4.90 Å². The van der Waals surface area contributed by atoms with Crippen molar-refractivity contribution in [2.45, 2.75) is 63.4 Å². The summed E-state index contributed by atoms with van der Waals surface area (Å²) >= 11 is 6.07. The highest BCUT2D eigenvalue weighted by atomic mass is 35.5. The van der Waals surface area contributed by atoms with E-state index < -0.39 is 5.60 Å². The first-order valence-electron chi connectivity index (χ1n) is 15.5. The molecule has 1 heterocycles. The first-order chi connectivity index (χ1) is 20.9. The van der Waals surface area contributed by atoms with Crippen molar-refractivity contribution in [3.05, 3.63) is 107 Å². The predicted octanol–water partition coefficient (Wildman–Crippen LogP) is 7.59. The second-order valence-electron chi connectivity index (χ2n) is 11.2. The van der Waals surface area contributed by atoms with Crippen LogP contribution < -0.4 is 0 Å². The van der Waals surface area contributed by atoms with Crippen LogP contribution >= 0.6 is 24.0 Å². The van der Waals surface area contributed by atoms with Crippen molar-refractivity contribution in [2.75, 3.05) is 39.4 Å². The van der Waals surface area contributed by atoms with Crippen molar-refractivity contribution in [1.29, 1.82) is 0 Å². The molecule has 1 fully saturated rings. The summed E-state index contributed by atoms with van der Waals surface area (Å²) in [4.78, 5) is 19.5. The van der Waals surface area contributed by atoms with Crippen LogP contribution in [-0.2, 0) is 25.3 Å². The third-order valence-electron chi connectivity index (χ3n) is 8.48. The van der Waals surface area contributed by atoms with Gasteiger partial charge in [-0.25, -0.2) is 0 Å². The smallest absolute Gasteiger partial charge is 0.306 e. The summed E-state index contributed by atoms with van der Waals surface area (Å²) in [5, 5.41) is 12.0. The molecule has 3 aromatic rings. The van der Waals surface area contributed by atoms with E-state index in [1.54, 1.807) is 0 Å². The van der Waals surface area contributed by atoms with Crippen LogP contribution in [0.2, 0.25) is 5.02 Å². The van der Waals surface area contributed by atoms with Crippen LogP contribution in [0.5, 0.6) is 0 Å². The largest absolute Gasteiger partial charge is 0.481 e. The summed E-state index contributed by atoms with van der Waals surface area (Å²) in [6.45, 7) is 7.72. The van der Waals surface area contributed by atoms with E-state index >= 15 is 0 Å². The van der Waals surface area contributed by atoms with Crippen LogP contribution in [0.4, 0.5) is 0 Å². The van der Waals surface area contributed by atoms with E-state index in [0.29, 0.717) is 49.9 Å². The van der Waals surface area contributed by atoms with E-state index in [4.69, 9.17) is 26.1 Å². The van der Waals surface area contributed by atoms with Gasteiger partial charge in [0.1, 0.15) is 0 Å². The Bertz CT molecular complexity index is 1260. The second kappa shape index (κ2) is 17.6. The van der Waals surface area contributed by atoms with Crippen LogP contribution in [0.3, 0.4) is 0 Å². The first-order valence-corrected chi connectivity index (χ1v) is 15.9. The van der Waals surface area contributed by atoms with Crippen LogP contribution in [0.15, 0.2) is 89.9 Å². The average molecular weight is 642 g/mol. The Balaban J connectivity index is 0.00000529. The molecule has 238 valence electrons. The number of ether oxygens (including phenoxy) is 2. The van der Waals surface area contributed by atoms with Gasteiger partial charge in [-0.2, -0.15) is 0 Å². The van der Waals surface area contributed by atoms with Gasteiger partial charge in [-0.15, -0.1) is 12.4 Å². The lowest BCUT2D eigenvalue weighted by atomic mass is 9.71. The van der Waals surface area contributed by atoms with Crippen molar-refractivity contribution in [2.24, 2.45) is 4.99 Å². The number of aliphatic imine (C=N–C) groups is 1. The molecular weight excluding hydrogens is 595 g/mol. The number of hydrogen-bond donors (Lipinski definition) is 1. The highest BCUT2D eigenvalue weighted by Gasteiger charge is 2.36. The summed E-state index contributed by atoms with van der Waals surface area (Å²) in [7, 11) is 0. The summed E-state index contributed by atoms with van der Waals surface area (Å²) < 4.78 is 11.0. The normalized spacial score (nSPS) is 15.3. The molecule has 0 unspecified atom stereocenters. The Hall–Kier alpha value is -2.90. The zero-order valence-corrected chi connectivity index (χ0v) is 27.5. The van der Waals surface area contributed by atoms with Gasteiger partial charge < -0.3 is 19.5 Å². The molecule has 0 amide bonds. The average Bonchev–Trinajstić information content (AvgIpc) is 3.03. The minimum absolute atomic E-state index is 0. The molecule has 3 aromatic carbocycles. The maximum Gasteiger partial charge on any atom is 0.306 e. The number of likely N-dealkylation sites (tertiary alicyclic amines) is 1. The van der Waals surface area contributed by atoms with Crippen molar-refractivity contribution < 1.29 is 19.4 Å². The summed E-state index contributed by atoms with van der Waals surface area (Å²) in [5.41, 5.74) is 2.18. The molecule has 4 rings (SSSR count). The molecule has 6 nitrogen and oxygen atoms in total. The van der Waals surface area contributed by atoms with Gasteiger partial charge in [0, 0.05) is 29.9 Å². The number of aliphatic hydroxyl groups is 1. The molecule has 0 spiro atoms. The monoisotopic (exact) mass is 640 g/mol. The molecule has 0 bridgehead atoms. The molecule has 0 aliphatic carbocycles. The molecule has 0 radical (unpaired) electrons. The maximum absolute atomic E-state index is 12.1. The molecule has 1 saturated heterocycles. The third kappa shape index (κ3) is 9.55. The van der Waals surface area contributed by atoms with Gasteiger partial charge in [0.15, 0.2) is 5.90 Å². The molecule has 44 heavy (non-hydrogen) atoms. The highest BCUT2D eigenvalue weighted by molar-refractivity contribution is 6.30. The number of hydrogen-bond acceptors (Lipinski definition) is 6. The molecule has 0 atom stereocenters. The number of halogens is 2. The Morgan fingerprint density at radius 2 is 1.45 bits per heavy atom. The van der Waals surface area contributed by atoms with Crippen LogP contribution in [0, 0.1) is 0 Å². The lowest BCUT2D eigenvalue weighted by molar-refractivity contribution is -0.143. The molecule has 1 N–H and O–H groups in total. The first kappa shape index (κ1) is 35.6. The summed E-state index contributed by atoms with van der Waals surface area (Å²) in [6.07, 6.45) is 3.90. The quantitative estimate of drug-likeness (QED) is 0.112. The van der Waals surface area contributed by atoms with Crippen molar-refractivity contribution in [3.63, 3.8) is 0 Å². The lowest BCUT2D eigenvalue weighted by Gasteiger charge is -2.39. The van der Waals surface area contributed by atoms with E-state index in [2.05, 4.69) is 53.4 Å². The Morgan fingerprint density at radius 1 is 0.886 bits per heavy atom. The second-order valence-corrected chi connectivity index (χ2v) is 11.7. The maximum atomic E-state index is 12.1. The molecule has 1 aliphatic rings. The van der Waals surface area contributed by atoms with E-state index in [9.17, 15) is 9.90 Å². The number of benzene rings is 3. The Morgan fingerprint density at radius 3 is 2.00 bits per heavy atom. The van der Waals surface area contributed by atoms with Crippen molar-refractivity contribution >= 4 is 35.9 Å². The number of esters is 1. The fourth-order valence-electron chi connectivity index (χ4n) is 6.06. The minimum atomic E-state index is -0.813. The molecule has 0 aromatic heterocycles. The van der Waals surface area contributed by atoms with E-state index in [0.717, 1.165) is 38.0 Å². The number of piperidine rings is 1. The van der Waals surface area contributed by atoms with E-state index in [-0.39, 0.29) is 30.2 Å². The summed E-state index contributed by atoms with van der Waals surface area (Å²) in [6, 6.07) is 28.8. The molecule has 1 aliphatic heterocycles. The number of rotatable bonds is 14. The van der Waals surface area contributed by atoms with E-state index in [1.807, 2.05) is 50.2 Å². The zero-order chi connectivity index (χ0) is 30.5. The Kier molecular flexibility index (Phi) is 14.2. The van der Waals surface area contributed by atoms with Gasteiger partial charge in [-0.3, -0.25) is 9.79 Å². The molecule has 0 saturated carbocycles. The SMILES string of the molecule is CCOC(=O)CCC(=NCC(CCCN1CCC(O)(c2ccc(Cl)cc2)CC1)(c1ccccc1)c1ccccc1)OCC.Cl. The van der Waals surface area contributed by atoms with Crippen molar-refractivity contribution in [3.8, 4) is 0 Å². The lowest BCUT2D eigenvalue weighted by Crippen LogP contribution is -2.43. The highest BCUT2D eigenvalue weighted by Crippen LogP contribution is 2.38. The van der Waals surface area contributed by atoms with Gasteiger partial charge in [0.25, 0.3) is 0 Å². The number of nitrogens with zero attached hydrogens (tertiary/aromatic N) is 2. The fraction of sp³-hybridized carbons (Fsp3) is 0.444. The van der Waals surface area contributed by atoms with Crippen LogP contribution in [0.25, 0.3) is 0 Å². The van der Waals surface area contributed by atoms with Gasteiger partial charge >= 0.3 is 5.97 Å². The van der Waals surface area contributed by atoms with Gasteiger partial charge in [-0.1, -0.05) is 84.4 Å².